The summed E-state index contributed by atoms with van der Waals surface area (Å²) in [6, 6.07) is 7.89. The van der Waals surface area contributed by atoms with E-state index in [1.54, 1.807) is 30.3 Å². The van der Waals surface area contributed by atoms with Gasteiger partial charge in [0.2, 0.25) is 0 Å². The molecule has 7 nitrogen and oxygen atoms in total. The fourth-order valence-corrected chi connectivity index (χ4v) is 4.68. The lowest BCUT2D eigenvalue weighted by molar-refractivity contribution is -0.147. The van der Waals surface area contributed by atoms with Gasteiger partial charge in [-0.05, 0) is 30.6 Å². The quantitative estimate of drug-likeness (QED) is 0.477. The van der Waals surface area contributed by atoms with Crippen molar-refractivity contribution in [2.75, 3.05) is 13.2 Å². The number of nitrogens with zero attached hydrogens (tertiary/aromatic N) is 1. The Morgan fingerprint density at radius 1 is 1.18 bits per heavy atom. The van der Waals surface area contributed by atoms with Gasteiger partial charge in [-0.15, -0.1) is 0 Å². The summed E-state index contributed by atoms with van der Waals surface area (Å²) in [6.45, 7) is 5.30. The molecule has 0 aromatic heterocycles. The highest BCUT2D eigenvalue weighted by Crippen LogP contribution is 2.46. The average molecular weight is 386 g/mol. The van der Waals surface area contributed by atoms with E-state index in [1.165, 1.54) is 0 Å². The summed E-state index contributed by atoms with van der Waals surface area (Å²) in [5.41, 5.74) is -0.611. The minimum absolute atomic E-state index is 0.0841. The molecule has 2 aliphatic rings. The monoisotopic (exact) mass is 386 g/mol. The normalized spacial score (nSPS) is 26.2. The van der Waals surface area contributed by atoms with E-state index in [0.717, 1.165) is 11.3 Å². The van der Waals surface area contributed by atoms with E-state index < -0.39 is 30.7 Å². The van der Waals surface area contributed by atoms with Crippen LogP contribution in [0.3, 0.4) is 0 Å². The Morgan fingerprint density at radius 2 is 1.86 bits per heavy atom. The van der Waals surface area contributed by atoms with Gasteiger partial charge in [0, 0.05) is 5.56 Å². The lowest BCUT2D eigenvalue weighted by atomic mass is 9.64. The van der Waals surface area contributed by atoms with Crippen molar-refractivity contribution in [1.82, 2.24) is 10.2 Å². The van der Waals surface area contributed by atoms with Gasteiger partial charge in [0.15, 0.2) is 12.4 Å². The number of esters is 1. The molecule has 0 unspecified atom stereocenters. The van der Waals surface area contributed by atoms with E-state index >= 15 is 0 Å². The molecule has 1 aliphatic carbocycles. The second-order valence-corrected chi connectivity index (χ2v) is 8.71. The molecule has 1 saturated heterocycles. The predicted octanol–water partition coefficient (Wildman–Crippen LogP) is 2.55. The molecule has 150 valence electrons. The van der Waals surface area contributed by atoms with E-state index in [4.69, 9.17) is 4.74 Å². The molecule has 1 spiro atoms. The van der Waals surface area contributed by atoms with E-state index in [-0.39, 0.29) is 23.0 Å². The van der Waals surface area contributed by atoms with Crippen molar-refractivity contribution in [3.63, 3.8) is 0 Å². The van der Waals surface area contributed by atoms with Crippen LogP contribution in [0.15, 0.2) is 30.3 Å². The minimum atomic E-state index is -0.960. The zero-order valence-corrected chi connectivity index (χ0v) is 16.5. The summed E-state index contributed by atoms with van der Waals surface area (Å²) in [5.74, 6) is -1.23. The molecule has 2 atom stereocenters. The molecule has 1 N–H and O–H groups in total. The molecule has 1 aliphatic heterocycles. The first-order chi connectivity index (χ1) is 13.1. The van der Waals surface area contributed by atoms with Crippen molar-refractivity contribution < 1.29 is 23.9 Å². The summed E-state index contributed by atoms with van der Waals surface area (Å²) in [4.78, 5) is 50.5. The third-order valence-corrected chi connectivity index (χ3v) is 5.37. The molecule has 28 heavy (non-hydrogen) atoms. The van der Waals surface area contributed by atoms with Gasteiger partial charge in [-0.3, -0.25) is 19.3 Å². The number of amides is 3. The SMILES string of the molecule is C[C@H]1CC(C)(C)C[C@@]2(C1)NC(=O)N(CC(=O)OCC(=O)c1ccccc1)C2=O. The maximum absolute atomic E-state index is 13.0. The number of hydrogen-bond acceptors (Lipinski definition) is 5. The van der Waals surface area contributed by atoms with Crippen molar-refractivity contribution in [3.05, 3.63) is 35.9 Å². The molecule has 7 heteroatoms. The molecule has 1 heterocycles. The van der Waals surface area contributed by atoms with Crippen LogP contribution in [0.4, 0.5) is 4.79 Å². The number of ether oxygens (including phenoxy) is 1. The molecule has 1 saturated carbocycles. The first-order valence-electron chi connectivity index (χ1n) is 9.50. The maximum Gasteiger partial charge on any atom is 0.326 e. The van der Waals surface area contributed by atoms with Gasteiger partial charge in [-0.1, -0.05) is 51.1 Å². The number of imide groups is 1. The van der Waals surface area contributed by atoms with Gasteiger partial charge in [0.25, 0.3) is 5.91 Å². The van der Waals surface area contributed by atoms with Gasteiger partial charge in [-0.2, -0.15) is 0 Å². The van der Waals surface area contributed by atoms with Crippen LogP contribution in [0.25, 0.3) is 0 Å². The zero-order chi connectivity index (χ0) is 20.5. The number of rotatable bonds is 5. The Balaban J connectivity index is 1.61. The summed E-state index contributed by atoms with van der Waals surface area (Å²) in [5, 5.41) is 2.81. The number of benzene rings is 1. The molecular formula is C21H26N2O5. The van der Waals surface area contributed by atoms with Crippen LogP contribution >= 0.6 is 0 Å². The Hall–Kier alpha value is -2.70. The van der Waals surface area contributed by atoms with Crippen molar-refractivity contribution in [2.24, 2.45) is 11.3 Å². The fraction of sp³-hybridized carbons (Fsp3) is 0.524. The van der Waals surface area contributed by atoms with Gasteiger partial charge in [0.05, 0.1) is 0 Å². The molecular weight excluding hydrogens is 360 g/mol. The first-order valence-corrected chi connectivity index (χ1v) is 9.50. The zero-order valence-electron chi connectivity index (χ0n) is 16.5. The Kier molecular flexibility index (Phi) is 5.28. The Labute approximate surface area is 164 Å². The molecule has 3 amide bonds. The molecule has 0 radical (unpaired) electrons. The van der Waals surface area contributed by atoms with Crippen LogP contribution in [0, 0.1) is 11.3 Å². The number of ketones is 1. The number of Topliss-reactive ketones (excluding diaryl/α,β-unsaturated/α-hetero) is 1. The molecule has 1 aromatic rings. The third-order valence-electron chi connectivity index (χ3n) is 5.37. The minimum Gasteiger partial charge on any atom is -0.456 e. The highest BCUT2D eigenvalue weighted by molar-refractivity contribution is 6.09. The summed E-state index contributed by atoms with van der Waals surface area (Å²) >= 11 is 0. The smallest absolute Gasteiger partial charge is 0.326 e. The van der Waals surface area contributed by atoms with Crippen LogP contribution in [0.2, 0.25) is 0 Å². The van der Waals surface area contributed by atoms with Crippen LogP contribution in [-0.4, -0.2) is 47.3 Å². The summed E-state index contributed by atoms with van der Waals surface area (Å²) in [6.07, 6.45) is 2.06. The number of carbonyl (C=O) groups excluding carboxylic acids is 4. The predicted molar refractivity (Wildman–Crippen MR) is 102 cm³/mol. The lowest BCUT2D eigenvalue weighted by Gasteiger charge is -2.43. The van der Waals surface area contributed by atoms with E-state index in [0.29, 0.717) is 18.4 Å². The average Bonchev–Trinajstić information content (AvgIpc) is 2.82. The maximum atomic E-state index is 13.0. The fourth-order valence-electron chi connectivity index (χ4n) is 4.68. The second kappa shape index (κ2) is 7.37. The van der Waals surface area contributed by atoms with Gasteiger partial charge < -0.3 is 10.1 Å². The lowest BCUT2D eigenvalue weighted by Crippen LogP contribution is -2.54. The molecule has 0 bridgehead atoms. The first kappa shape index (κ1) is 20.0. The van der Waals surface area contributed by atoms with Crippen molar-refractivity contribution >= 4 is 23.7 Å². The second-order valence-electron chi connectivity index (χ2n) is 8.71. The summed E-state index contributed by atoms with van der Waals surface area (Å²) in [7, 11) is 0. The Morgan fingerprint density at radius 3 is 2.50 bits per heavy atom. The van der Waals surface area contributed by atoms with E-state index in [1.807, 2.05) is 0 Å². The largest absolute Gasteiger partial charge is 0.456 e. The van der Waals surface area contributed by atoms with Gasteiger partial charge in [0.1, 0.15) is 12.1 Å². The summed E-state index contributed by atoms with van der Waals surface area (Å²) < 4.78 is 4.99. The van der Waals surface area contributed by atoms with E-state index in [2.05, 4.69) is 26.1 Å². The van der Waals surface area contributed by atoms with Gasteiger partial charge >= 0.3 is 12.0 Å². The number of nitrogens with one attached hydrogen (secondary N) is 1. The van der Waals surface area contributed by atoms with Crippen LogP contribution < -0.4 is 5.32 Å². The van der Waals surface area contributed by atoms with Gasteiger partial charge in [-0.25, -0.2) is 4.79 Å². The third kappa shape index (κ3) is 4.08. The van der Waals surface area contributed by atoms with E-state index in [9.17, 15) is 19.2 Å². The molecule has 1 aromatic carbocycles. The van der Waals surface area contributed by atoms with Crippen LogP contribution in [0.1, 0.15) is 50.4 Å². The van der Waals surface area contributed by atoms with Crippen molar-refractivity contribution in [1.29, 1.82) is 0 Å². The molecule has 2 fully saturated rings. The highest BCUT2D eigenvalue weighted by Gasteiger charge is 2.56. The number of carbonyl (C=O) groups is 4. The van der Waals surface area contributed by atoms with Crippen LogP contribution in [0.5, 0.6) is 0 Å². The number of urea groups is 1. The molecule has 3 rings (SSSR count). The Bertz CT molecular complexity index is 804. The highest BCUT2D eigenvalue weighted by atomic mass is 16.5. The standard InChI is InChI=1S/C21H26N2O5/c1-14-9-20(2,3)13-21(10-14)18(26)23(19(27)22-21)11-17(25)28-12-16(24)15-7-5-4-6-8-15/h4-8,14H,9-13H2,1-3H3,(H,22,27)/t14-,21+/m0/s1. The van der Waals surface area contributed by atoms with Crippen molar-refractivity contribution in [3.8, 4) is 0 Å². The van der Waals surface area contributed by atoms with Crippen LogP contribution in [-0.2, 0) is 14.3 Å². The number of hydrogen-bond donors (Lipinski definition) is 1. The topological polar surface area (TPSA) is 92.8 Å². The van der Waals surface area contributed by atoms with Crippen molar-refractivity contribution in [2.45, 2.75) is 45.6 Å².